The van der Waals surface area contributed by atoms with E-state index in [1.165, 1.54) is 12.1 Å². The summed E-state index contributed by atoms with van der Waals surface area (Å²) in [6.07, 6.45) is 0.115. The summed E-state index contributed by atoms with van der Waals surface area (Å²) in [6, 6.07) is 1.21. The maximum absolute atomic E-state index is 13.2. The topological polar surface area (TPSA) is 126 Å². The first-order valence-electron chi connectivity index (χ1n) is 7.00. The number of hydrazine groups is 1. The van der Waals surface area contributed by atoms with Gasteiger partial charge in [-0.15, -0.1) is 0 Å². The number of anilines is 1. The number of hydrogen-bond donors (Lipinski definition) is 4. The van der Waals surface area contributed by atoms with Crippen molar-refractivity contribution in [3.05, 3.63) is 34.8 Å². The van der Waals surface area contributed by atoms with Crippen LogP contribution >= 0.6 is 23.7 Å². The Morgan fingerprint density at radius 3 is 2.65 bits per heavy atom. The van der Waals surface area contributed by atoms with Crippen molar-refractivity contribution in [3.63, 3.8) is 0 Å². The zero-order valence-corrected chi connectivity index (χ0v) is 17.9. The predicted octanol–water partition coefficient (Wildman–Crippen LogP) is 1.43. The third-order valence-electron chi connectivity index (χ3n) is 3.34. The standard InChI is InChI=1S/C13H16ClFN6O3S.Y/c1-21-10(5-9(20-25-21)11(22)18-19-13(16)24)12(23)17-6-2-3-8(15)7(14)4-6;/h2-4,9-10,20H,5H2,1H3,(H5,16,17,18,19,22,23,24);/p-1. The third kappa shape index (κ3) is 6.32. The Labute approximate surface area is 183 Å². The number of urea groups is 1. The van der Waals surface area contributed by atoms with Crippen LogP contribution in [0.4, 0.5) is 14.9 Å². The Morgan fingerprint density at radius 1 is 1.35 bits per heavy atom. The first kappa shape index (κ1) is 23.1. The molecule has 1 saturated heterocycles. The summed E-state index contributed by atoms with van der Waals surface area (Å²) < 4.78 is 17.6. The van der Waals surface area contributed by atoms with E-state index in [4.69, 9.17) is 17.3 Å². The van der Waals surface area contributed by atoms with Crippen molar-refractivity contribution in [2.24, 2.45) is 0 Å². The molecule has 139 valence electrons. The maximum atomic E-state index is 13.2. The summed E-state index contributed by atoms with van der Waals surface area (Å²) in [7, 11) is 1.67. The van der Waals surface area contributed by atoms with E-state index in [0.717, 1.165) is 18.2 Å². The molecule has 0 bridgehead atoms. The van der Waals surface area contributed by atoms with Gasteiger partial charge in [-0.1, -0.05) is 11.6 Å². The molecule has 2 unspecified atom stereocenters. The summed E-state index contributed by atoms with van der Waals surface area (Å²) in [5.74, 6) is -1.58. The molecule has 1 aromatic carbocycles. The molecular formula is C13H15ClFN6O3SY-. The van der Waals surface area contributed by atoms with Gasteiger partial charge in [-0.2, -0.15) is 0 Å². The zero-order chi connectivity index (χ0) is 18.6. The fraction of sp³-hybridized carbons (Fsp3) is 0.308. The second-order valence-corrected chi connectivity index (χ2v) is 6.52. The molecule has 26 heavy (non-hydrogen) atoms. The number of likely N-dealkylation sites (N-methyl/N-ethyl adjacent to an activating group) is 1. The van der Waals surface area contributed by atoms with Crippen LogP contribution in [0.3, 0.4) is 0 Å². The monoisotopic (exact) mass is 478 g/mol. The number of hydrogen-bond acceptors (Lipinski definition) is 6. The van der Waals surface area contributed by atoms with Crippen LogP contribution in [0.1, 0.15) is 6.42 Å². The number of carbonyl (C=O) groups excluding carboxylic acids is 3. The molecule has 1 radical (unpaired) electrons. The predicted molar refractivity (Wildman–Crippen MR) is 91.7 cm³/mol. The molecule has 1 fully saturated rings. The molecule has 2 atom stereocenters. The van der Waals surface area contributed by atoms with Crippen molar-refractivity contribution in [3.8, 4) is 0 Å². The molecule has 13 heteroatoms. The average Bonchev–Trinajstić information content (AvgIpc) is 2.56. The van der Waals surface area contributed by atoms with Gasteiger partial charge in [0, 0.05) is 50.5 Å². The fourth-order valence-corrected chi connectivity index (χ4v) is 3.05. The van der Waals surface area contributed by atoms with Crippen LogP contribution in [0.15, 0.2) is 18.2 Å². The molecule has 0 spiro atoms. The summed E-state index contributed by atoms with van der Waals surface area (Å²) in [4.78, 5) is 34.9. The van der Waals surface area contributed by atoms with Gasteiger partial charge in [0.25, 0.3) is 0 Å². The average molecular weight is 479 g/mol. The van der Waals surface area contributed by atoms with Crippen molar-refractivity contribution in [2.45, 2.75) is 18.5 Å². The van der Waals surface area contributed by atoms with Crippen LogP contribution in [0, 0.1) is 5.82 Å². The molecule has 9 nitrogen and oxygen atoms in total. The molecule has 1 aliphatic rings. The van der Waals surface area contributed by atoms with Crippen LogP contribution < -0.4 is 20.9 Å². The van der Waals surface area contributed by atoms with E-state index in [2.05, 4.69) is 15.5 Å². The summed E-state index contributed by atoms with van der Waals surface area (Å²) >= 11 is 6.74. The summed E-state index contributed by atoms with van der Waals surface area (Å²) in [5, 5.41) is 2.50. The second kappa shape index (κ2) is 10.4. The van der Waals surface area contributed by atoms with Crippen LogP contribution in [-0.2, 0) is 42.3 Å². The van der Waals surface area contributed by atoms with Crippen molar-refractivity contribution >= 4 is 47.3 Å². The quantitative estimate of drug-likeness (QED) is 0.385. The number of amides is 4. The van der Waals surface area contributed by atoms with Crippen molar-refractivity contribution in [1.29, 1.82) is 0 Å². The molecule has 2 rings (SSSR count). The van der Waals surface area contributed by atoms with E-state index in [1.807, 2.05) is 5.43 Å². The fourth-order valence-electron chi connectivity index (χ4n) is 2.07. The summed E-state index contributed by atoms with van der Waals surface area (Å²) in [5.41, 5.74) is 11.0. The van der Waals surface area contributed by atoms with Crippen molar-refractivity contribution in [2.75, 3.05) is 12.4 Å². The zero-order valence-electron chi connectivity index (χ0n) is 13.5. The van der Waals surface area contributed by atoms with E-state index in [9.17, 15) is 18.8 Å². The number of nitrogens with zero attached hydrogens (tertiary/aromatic N) is 1. The number of nitrogens with one attached hydrogen (secondary N) is 5. The van der Waals surface area contributed by atoms with Crippen LogP contribution in [0.25, 0.3) is 5.73 Å². The van der Waals surface area contributed by atoms with E-state index >= 15 is 0 Å². The molecule has 1 aliphatic heterocycles. The SMILES string of the molecule is CN1SNC(C(=O)NNC([NH-])=O)CC1C(=O)Nc1ccc(F)c(Cl)c1.[Y]. The van der Waals surface area contributed by atoms with E-state index in [-0.39, 0.29) is 44.2 Å². The Balaban J connectivity index is 0.00000338. The Kier molecular flexibility index (Phi) is 9.21. The normalized spacial score (nSPS) is 19.8. The van der Waals surface area contributed by atoms with Gasteiger partial charge in [-0.25, -0.2) is 13.4 Å². The number of halogens is 2. The molecular weight excluding hydrogens is 464 g/mol. The molecule has 1 aromatic rings. The maximum Gasteiger partial charge on any atom is 0.242 e. The van der Waals surface area contributed by atoms with Crippen LogP contribution in [-0.4, -0.2) is 41.3 Å². The van der Waals surface area contributed by atoms with Gasteiger partial charge >= 0.3 is 0 Å². The van der Waals surface area contributed by atoms with Crippen molar-refractivity contribution in [1.82, 2.24) is 19.9 Å². The van der Waals surface area contributed by atoms with Gasteiger partial charge in [-0.3, -0.25) is 14.4 Å². The second-order valence-electron chi connectivity index (χ2n) is 5.12. The van der Waals surface area contributed by atoms with Gasteiger partial charge < -0.3 is 21.9 Å². The minimum atomic E-state index is -1.16. The Hall–Kier alpha value is -0.976. The molecule has 4 amide bonds. The first-order chi connectivity index (χ1) is 11.8. The molecule has 0 aliphatic carbocycles. The minimum Gasteiger partial charge on any atom is -0.446 e. The molecule has 0 saturated carbocycles. The number of benzene rings is 1. The van der Waals surface area contributed by atoms with Crippen LogP contribution in [0.2, 0.25) is 5.02 Å². The Morgan fingerprint density at radius 2 is 2.04 bits per heavy atom. The first-order valence-corrected chi connectivity index (χ1v) is 8.15. The Bertz CT molecular complexity index is 700. The van der Waals surface area contributed by atoms with Gasteiger partial charge in [-0.05, 0) is 31.7 Å². The van der Waals surface area contributed by atoms with Gasteiger partial charge in [0.05, 0.1) is 11.1 Å². The number of rotatable bonds is 3. The molecule has 5 N–H and O–H groups in total. The smallest absolute Gasteiger partial charge is 0.242 e. The third-order valence-corrected chi connectivity index (χ3v) is 4.56. The summed E-state index contributed by atoms with van der Waals surface area (Å²) in [6.45, 7) is 0. The van der Waals surface area contributed by atoms with Gasteiger partial charge in [0.1, 0.15) is 11.9 Å². The minimum absolute atomic E-state index is 0. The molecule has 1 heterocycles. The molecule has 0 aromatic heterocycles. The van der Waals surface area contributed by atoms with Crippen LogP contribution in [0.5, 0.6) is 0 Å². The van der Waals surface area contributed by atoms with Crippen molar-refractivity contribution < 1.29 is 51.5 Å². The van der Waals surface area contributed by atoms with Gasteiger partial charge in [0.2, 0.25) is 11.8 Å². The van der Waals surface area contributed by atoms with E-state index < -0.39 is 35.7 Å². The van der Waals surface area contributed by atoms with E-state index in [1.54, 1.807) is 11.4 Å². The van der Waals surface area contributed by atoms with E-state index in [0.29, 0.717) is 5.69 Å². The largest absolute Gasteiger partial charge is 0.446 e. The van der Waals surface area contributed by atoms with Gasteiger partial charge in [0.15, 0.2) is 6.03 Å². The number of carbonyl (C=O) groups is 3.